The SMILES string of the molecule is NNC(c1cnns1)c1cc(F)ccc1Cl. The number of hydrazine groups is 1. The van der Waals surface area contributed by atoms with Gasteiger partial charge in [-0.3, -0.25) is 5.84 Å². The molecule has 4 nitrogen and oxygen atoms in total. The average Bonchev–Trinajstić information content (AvgIpc) is 2.78. The van der Waals surface area contributed by atoms with Crippen LogP contribution in [0.5, 0.6) is 0 Å². The predicted octanol–water partition coefficient (Wildman–Crippen LogP) is 1.88. The minimum Gasteiger partial charge on any atom is -0.271 e. The molecule has 0 aliphatic rings. The molecule has 0 aliphatic carbocycles. The van der Waals surface area contributed by atoms with E-state index in [1.165, 1.54) is 29.7 Å². The molecule has 0 saturated carbocycles. The summed E-state index contributed by atoms with van der Waals surface area (Å²) in [6.07, 6.45) is 1.57. The minimum atomic E-state index is -0.400. The zero-order valence-electron chi connectivity index (χ0n) is 8.02. The van der Waals surface area contributed by atoms with Crippen molar-refractivity contribution < 1.29 is 4.39 Å². The molecular formula is C9H8ClFN4S. The number of benzene rings is 1. The summed E-state index contributed by atoms with van der Waals surface area (Å²) in [5.41, 5.74) is 3.13. The van der Waals surface area contributed by atoms with Gasteiger partial charge in [-0.05, 0) is 35.3 Å². The summed E-state index contributed by atoms with van der Waals surface area (Å²) in [5, 5.41) is 4.15. The summed E-state index contributed by atoms with van der Waals surface area (Å²) in [6.45, 7) is 0. The Morgan fingerprint density at radius 1 is 1.50 bits per heavy atom. The van der Waals surface area contributed by atoms with Gasteiger partial charge in [-0.15, -0.1) is 5.10 Å². The molecule has 1 aromatic carbocycles. The molecule has 0 aliphatic heterocycles. The number of nitrogens with two attached hydrogens (primary N) is 1. The number of hydrogen-bond acceptors (Lipinski definition) is 5. The lowest BCUT2D eigenvalue weighted by Crippen LogP contribution is -2.28. The van der Waals surface area contributed by atoms with Gasteiger partial charge < -0.3 is 0 Å². The van der Waals surface area contributed by atoms with E-state index >= 15 is 0 Å². The van der Waals surface area contributed by atoms with E-state index in [1.807, 2.05) is 0 Å². The monoisotopic (exact) mass is 258 g/mol. The first-order chi connectivity index (χ1) is 7.72. The summed E-state index contributed by atoms with van der Waals surface area (Å²) in [5.74, 6) is 5.07. The predicted molar refractivity (Wildman–Crippen MR) is 60.5 cm³/mol. The quantitative estimate of drug-likeness (QED) is 0.652. The lowest BCUT2D eigenvalue weighted by molar-refractivity contribution is 0.608. The Morgan fingerprint density at radius 3 is 2.94 bits per heavy atom. The van der Waals surface area contributed by atoms with E-state index in [0.29, 0.717) is 10.6 Å². The summed E-state index contributed by atoms with van der Waals surface area (Å²) < 4.78 is 16.9. The van der Waals surface area contributed by atoms with Gasteiger partial charge in [0.05, 0.1) is 17.1 Å². The normalized spacial score (nSPS) is 12.7. The number of hydrogen-bond donors (Lipinski definition) is 2. The van der Waals surface area contributed by atoms with Crippen LogP contribution in [0, 0.1) is 5.82 Å². The first-order valence-corrected chi connectivity index (χ1v) is 5.56. The molecule has 0 spiro atoms. The summed E-state index contributed by atoms with van der Waals surface area (Å²) >= 11 is 7.17. The molecule has 84 valence electrons. The second-order valence-electron chi connectivity index (χ2n) is 3.09. The Hall–Kier alpha value is -1.08. The van der Waals surface area contributed by atoms with Crippen molar-refractivity contribution in [2.75, 3.05) is 0 Å². The maximum atomic E-state index is 13.1. The van der Waals surface area contributed by atoms with Gasteiger partial charge in [-0.25, -0.2) is 9.82 Å². The van der Waals surface area contributed by atoms with Crippen LogP contribution in [0.3, 0.4) is 0 Å². The molecular weight excluding hydrogens is 251 g/mol. The standard InChI is InChI=1S/C9H8ClFN4S/c10-7-2-1-5(11)3-6(7)9(14-12)8-4-13-15-16-8/h1-4,9,14H,12H2. The third-order valence-electron chi connectivity index (χ3n) is 2.10. The number of nitrogens with zero attached hydrogens (tertiary/aromatic N) is 2. The van der Waals surface area contributed by atoms with Crippen molar-refractivity contribution in [3.8, 4) is 0 Å². The Bertz CT molecular complexity index is 476. The molecule has 3 N–H and O–H groups in total. The lowest BCUT2D eigenvalue weighted by atomic mass is 10.1. The molecule has 1 atom stereocenters. The van der Waals surface area contributed by atoms with Gasteiger partial charge in [0.1, 0.15) is 5.82 Å². The van der Waals surface area contributed by atoms with Gasteiger partial charge in [0, 0.05) is 5.02 Å². The second kappa shape index (κ2) is 4.84. The molecule has 16 heavy (non-hydrogen) atoms. The van der Waals surface area contributed by atoms with E-state index in [9.17, 15) is 4.39 Å². The number of aromatic nitrogens is 2. The van der Waals surface area contributed by atoms with Crippen LogP contribution in [0.1, 0.15) is 16.5 Å². The number of halogens is 2. The van der Waals surface area contributed by atoms with Gasteiger partial charge in [0.15, 0.2) is 0 Å². The highest BCUT2D eigenvalue weighted by Gasteiger charge is 2.18. The third-order valence-corrected chi connectivity index (χ3v) is 3.17. The van der Waals surface area contributed by atoms with E-state index in [-0.39, 0.29) is 5.82 Å². The topological polar surface area (TPSA) is 63.8 Å². The highest BCUT2D eigenvalue weighted by Crippen LogP contribution is 2.29. The molecule has 0 saturated heterocycles. The molecule has 0 radical (unpaired) electrons. The first kappa shape index (κ1) is 11.4. The number of nitrogens with one attached hydrogen (secondary N) is 1. The third kappa shape index (κ3) is 2.19. The van der Waals surface area contributed by atoms with Crippen LogP contribution in [0.25, 0.3) is 0 Å². The van der Waals surface area contributed by atoms with Crippen LogP contribution in [0.15, 0.2) is 24.4 Å². The van der Waals surface area contributed by atoms with Crippen molar-refractivity contribution in [3.63, 3.8) is 0 Å². The van der Waals surface area contributed by atoms with Gasteiger partial charge in [0.2, 0.25) is 0 Å². The summed E-state index contributed by atoms with van der Waals surface area (Å²) in [4.78, 5) is 0.773. The molecule has 0 bridgehead atoms. The van der Waals surface area contributed by atoms with E-state index in [0.717, 1.165) is 4.88 Å². The highest BCUT2D eigenvalue weighted by molar-refractivity contribution is 7.05. The van der Waals surface area contributed by atoms with Crippen LogP contribution >= 0.6 is 23.1 Å². The van der Waals surface area contributed by atoms with Crippen LogP contribution in [-0.2, 0) is 0 Å². The molecule has 2 rings (SSSR count). The van der Waals surface area contributed by atoms with Crippen LogP contribution < -0.4 is 11.3 Å². The highest BCUT2D eigenvalue weighted by atomic mass is 35.5. The van der Waals surface area contributed by atoms with E-state index in [2.05, 4.69) is 15.0 Å². The summed E-state index contributed by atoms with van der Waals surface area (Å²) in [6, 6.07) is 3.73. The molecule has 0 amide bonds. The van der Waals surface area contributed by atoms with Crippen LogP contribution in [0.2, 0.25) is 5.02 Å². The molecule has 7 heteroatoms. The van der Waals surface area contributed by atoms with Crippen LogP contribution in [0.4, 0.5) is 4.39 Å². The zero-order valence-corrected chi connectivity index (χ0v) is 9.60. The Kier molecular flexibility index (Phi) is 3.45. The van der Waals surface area contributed by atoms with Crippen molar-refractivity contribution in [1.82, 2.24) is 15.0 Å². The fourth-order valence-corrected chi connectivity index (χ4v) is 2.17. The fourth-order valence-electron chi connectivity index (χ4n) is 1.36. The molecule has 0 fully saturated rings. The summed E-state index contributed by atoms with van der Waals surface area (Å²) in [7, 11) is 0. The lowest BCUT2D eigenvalue weighted by Gasteiger charge is -2.15. The molecule has 1 unspecified atom stereocenters. The van der Waals surface area contributed by atoms with Crippen molar-refractivity contribution in [2.24, 2.45) is 5.84 Å². The molecule has 2 aromatic rings. The fraction of sp³-hybridized carbons (Fsp3) is 0.111. The number of rotatable bonds is 3. The van der Waals surface area contributed by atoms with E-state index in [4.69, 9.17) is 17.4 Å². The first-order valence-electron chi connectivity index (χ1n) is 4.40. The zero-order chi connectivity index (χ0) is 11.5. The second-order valence-corrected chi connectivity index (χ2v) is 4.31. The molecule has 1 aromatic heterocycles. The van der Waals surface area contributed by atoms with Crippen molar-refractivity contribution in [3.05, 3.63) is 45.7 Å². The Labute approximate surface area is 100 Å². The smallest absolute Gasteiger partial charge is 0.123 e. The van der Waals surface area contributed by atoms with Crippen LogP contribution in [-0.4, -0.2) is 9.59 Å². The van der Waals surface area contributed by atoms with Gasteiger partial charge in [0.25, 0.3) is 0 Å². The maximum Gasteiger partial charge on any atom is 0.123 e. The van der Waals surface area contributed by atoms with Crippen molar-refractivity contribution in [1.29, 1.82) is 0 Å². The largest absolute Gasteiger partial charge is 0.271 e. The van der Waals surface area contributed by atoms with E-state index in [1.54, 1.807) is 6.20 Å². The van der Waals surface area contributed by atoms with Crippen molar-refractivity contribution >= 4 is 23.1 Å². The molecule has 1 heterocycles. The average molecular weight is 259 g/mol. The van der Waals surface area contributed by atoms with Gasteiger partial charge in [-0.1, -0.05) is 16.1 Å². The van der Waals surface area contributed by atoms with Gasteiger partial charge in [-0.2, -0.15) is 0 Å². The Balaban J connectivity index is 2.44. The maximum absolute atomic E-state index is 13.1. The van der Waals surface area contributed by atoms with Gasteiger partial charge >= 0.3 is 0 Å². The van der Waals surface area contributed by atoms with E-state index < -0.39 is 6.04 Å². The minimum absolute atomic E-state index is 0.364. The Morgan fingerprint density at radius 2 is 2.31 bits per heavy atom. The van der Waals surface area contributed by atoms with Crippen molar-refractivity contribution in [2.45, 2.75) is 6.04 Å².